The highest BCUT2D eigenvalue weighted by Crippen LogP contribution is 2.32. The minimum absolute atomic E-state index is 0.132. The number of likely N-dealkylation sites (tertiary alicyclic amines) is 1. The van der Waals surface area contributed by atoms with Gasteiger partial charge in [-0.05, 0) is 69.6 Å². The molecule has 2 fully saturated rings. The minimum Gasteiger partial charge on any atom is -0.371 e. The van der Waals surface area contributed by atoms with Gasteiger partial charge in [0.1, 0.15) is 5.82 Å². The highest BCUT2D eigenvalue weighted by molar-refractivity contribution is 5.77. The van der Waals surface area contributed by atoms with Crippen molar-refractivity contribution >= 4 is 23.1 Å². The summed E-state index contributed by atoms with van der Waals surface area (Å²) in [6.45, 7) is 4.24. The van der Waals surface area contributed by atoms with Gasteiger partial charge in [0.05, 0.1) is 35.5 Å². The number of carbonyl (C=O) groups is 1. The number of benzene rings is 1. The van der Waals surface area contributed by atoms with Crippen LogP contribution in [-0.2, 0) is 11.3 Å². The smallest absolute Gasteiger partial charge is 0.222 e. The number of piperidine rings is 2. The molecule has 1 amide bonds. The van der Waals surface area contributed by atoms with Crippen LogP contribution in [0.15, 0.2) is 55.0 Å². The van der Waals surface area contributed by atoms with Gasteiger partial charge in [-0.15, -0.1) is 0 Å². The largest absolute Gasteiger partial charge is 0.371 e. The van der Waals surface area contributed by atoms with Crippen molar-refractivity contribution in [2.75, 3.05) is 43.0 Å². The highest BCUT2D eigenvalue weighted by atomic mass is 16.1. The molecule has 4 heterocycles. The number of amides is 1. The van der Waals surface area contributed by atoms with Crippen molar-refractivity contribution in [1.82, 2.24) is 19.7 Å². The van der Waals surface area contributed by atoms with Crippen LogP contribution in [0.25, 0.3) is 0 Å². The van der Waals surface area contributed by atoms with Gasteiger partial charge in [0, 0.05) is 43.8 Å². The molecule has 9 nitrogen and oxygen atoms in total. The number of nitrogens with two attached hydrogens (primary N) is 1. The standard InChI is InChI=1S/C28H34N8O/c1-33-13-9-24(10-14-33)36-20-26(17-32-36)35(18-22-6-4-21(16-29)5-7-22)27-15-25(8-11-31-27)34-12-2-3-23(19-34)28(30)37/h4-8,11,15,17,20,23-24H,2-3,9-10,12-14,18-19H2,1H3,(H2,30,37)/t23-/m0/s1. The summed E-state index contributed by atoms with van der Waals surface area (Å²) in [5.41, 5.74) is 9.34. The highest BCUT2D eigenvalue weighted by Gasteiger charge is 2.25. The van der Waals surface area contributed by atoms with Crippen molar-refractivity contribution in [3.8, 4) is 6.07 Å². The van der Waals surface area contributed by atoms with E-state index >= 15 is 0 Å². The van der Waals surface area contributed by atoms with E-state index in [2.05, 4.69) is 44.8 Å². The van der Waals surface area contributed by atoms with E-state index in [1.165, 1.54) is 0 Å². The Bertz CT molecular complexity index is 1260. The maximum absolute atomic E-state index is 11.8. The van der Waals surface area contributed by atoms with E-state index < -0.39 is 0 Å². The fraction of sp³-hybridized carbons (Fsp3) is 0.429. The zero-order chi connectivity index (χ0) is 25.8. The third-order valence-electron chi connectivity index (χ3n) is 7.58. The normalized spacial score (nSPS) is 18.9. The van der Waals surface area contributed by atoms with Crippen molar-refractivity contribution in [2.24, 2.45) is 11.7 Å². The third-order valence-corrected chi connectivity index (χ3v) is 7.58. The van der Waals surface area contributed by atoms with Crippen molar-refractivity contribution in [2.45, 2.75) is 38.3 Å². The SMILES string of the molecule is CN1CCC(n2cc(N(Cc3ccc(C#N)cc3)c3cc(N4CCC[C@H](C(N)=O)C4)ccn3)cn2)CC1. The molecule has 0 aliphatic carbocycles. The van der Waals surface area contributed by atoms with E-state index in [-0.39, 0.29) is 11.8 Å². The van der Waals surface area contributed by atoms with E-state index in [1.54, 1.807) is 0 Å². The Morgan fingerprint density at radius 1 is 1.16 bits per heavy atom. The summed E-state index contributed by atoms with van der Waals surface area (Å²) in [6, 6.07) is 14.3. The lowest BCUT2D eigenvalue weighted by atomic mass is 9.97. The van der Waals surface area contributed by atoms with Gasteiger partial charge < -0.3 is 20.4 Å². The number of hydrogen-bond acceptors (Lipinski definition) is 7. The lowest BCUT2D eigenvalue weighted by Crippen LogP contribution is -2.41. The zero-order valence-electron chi connectivity index (χ0n) is 21.3. The molecule has 0 bridgehead atoms. The van der Waals surface area contributed by atoms with Gasteiger partial charge in [-0.2, -0.15) is 10.4 Å². The lowest BCUT2D eigenvalue weighted by molar-refractivity contribution is -0.122. The number of rotatable bonds is 7. The van der Waals surface area contributed by atoms with Crippen LogP contribution >= 0.6 is 0 Å². The first-order chi connectivity index (χ1) is 18.0. The van der Waals surface area contributed by atoms with E-state index in [0.29, 0.717) is 24.7 Å². The van der Waals surface area contributed by atoms with Gasteiger partial charge in [-0.25, -0.2) is 4.98 Å². The fourth-order valence-electron chi connectivity index (χ4n) is 5.29. The van der Waals surface area contributed by atoms with Gasteiger partial charge in [0.25, 0.3) is 0 Å². The maximum atomic E-state index is 11.8. The number of nitriles is 1. The first kappa shape index (κ1) is 24.8. The summed E-state index contributed by atoms with van der Waals surface area (Å²) in [4.78, 5) is 23.3. The summed E-state index contributed by atoms with van der Waals surface area (Å²) in [5, 5.41) is 13.9. The second-order valence-corrected chi connectivity index (χ2v) is 10.2. The molecule has 2 aliphatic heterocycles. The lowest BCUT2D eigenvalue weighted by Gasteiger charge is -2.33. The Balaban J connectivity index is 1.44. The van der Waals surface area contributed by atoms with E-state index in [9.17, 15) is 10.1 Å². The van der Waals surface area contributed by atoms with Gasteiger partial charge in [0.2, 0.25) is 5.91 Å². The average molecular weight is 499 g/mol. The molecular weight excluding hydrogens is 464 g/mol. The van der Waals surface area contributed by atoms with Crippen molar-refractivity contribution in [1.29, 1.82) is 5.26 Å². The molecule has 37 heavy (non-hydrogen) atoms. The summed E-state index contributed by atoms with van der Waals surface area (Å²) in [5.74, 6) is 0.446. The molecule has 192 valence electrons. The van der Waals surface area contributed by atoms with Crippen molar-refractivity contribution < 1.29 is 4.79 Å². The summed E-state index contributed by atoms with van der Waals surface area (Å²) >= 11 is 0. The molecule has 1 aromatic carbocycles. The van der Waals surface area contributed by atoms with Crippen LogP contribution in [0.2, 0.25) is 0 Å². The van der Waals surface area contributed by atoms with Crippen LogP contribution in [0, 0.1) is 17.2 Å². The third kappa shape index (κ3) is 5.75. The van der Waals surface area contributed by atoms with Crippen LogP contribution < -0.4 is 15.5 Å². The van der Waals surface area contributed by atoms with E-state index in [4.69, 9.17) is 15.8 Å². The van der Waals surface area contributed by atoms with Gasteiger partial charge >= 0.3 is 0 Å². The Morgan fingerprint density at radius 2 is 1.95 bits per heavy atom. The molecule has 2 aromatic heterocycles. The maximum Gasteiger partial charge on any atom is 0.222 e. The molecule has 0 saturated carbocycles. The predicted molar refractivity (Wildman–Crippen MR) is 143 cm³/mol. The molecule has 2 aliphatic rings. The molecule has 0 spiro atoms. The number of aromatic nitrogens is 3. The zero-order valence-corrected chi connectivity index (χ0v) is 21.3. The minimum atomic E-state index is -0.234. The number of carbonyl (C=O) groups excluding carboxylic acids is 1. The Hall–Kier alpha value is -3.90. The quantitative estimate of drug-likeness (QED) is 0.532. The average Bonchev–Trinajstić information content (AvgIpc) is 3.42. The summed E-state index contributed by atoms with van der Waals surface area (Å²) in [6.07, 6.45) is 9.80. The number of primary amides is 1. The van der Waals surface area contributed by atoms with Crippen LogP contribution in [-0.4, -0.2) is 58.8 Å². The van der Waals surface area contributed by atoms with E-state index in [0.717, 1.165) is 68.1 Å². The van der Waals surface area contributed by atoms with Crippen molar-refractivity contribution in [3.63, 3.8) is 0 Å². The molecule has 1 atom stereocenters. The molecule has 0 radical (unpaired) electrons. The predicted octanol–water partition coefficient (Wildman–Crippen LogP) is 3.46. The summed E-state index contributed by atoms with van der Waals surface area (Å²) < 4.78 is 2.10. The topological polar surface area (TPSA) is 107 Å². The summed E-state index contributed by atoms with van der Waals surface area (Å²) in [7, 11) is 2.16. The van der Waals surface area contributed by atoms with Gasteiger partial charge in [-0.1, -0.05) is 12.1 Å². The Morgan fingerprint density at radius 3 is 2.68 bits per heavy atom. The molecule has 0 unspecified atom stereocenters. The van der Waals surface area contributed by atoms with Crippen LogP contribution in [0.3, 0.4) is 0 Å². The van der Waals surface area contributed by atoms with Crippen LogP contribution in [0.5, 0.6) is 0 Å². The van der Waals surface area contributed by atoms with Crippen molar-refractivity contribution in [3.05, 3.63) is 66.1 Å². The first-order valence-electron chi connectivity index (χ1n) is 13.0. The van der Waals surface area contributed by atoms with E-state index in [1.807, 2.05) is 42.7 Å². The molecule has 3 aromatic rings. The van der Waals surface area contributed by atoms with Crippen LogP contribution in [0.4, 0.5) is 17.2 Å². The molecule has 2 N–H and O–H groups in total. The second-order valence-electron chi connectivity index (χ2n) is 10.2. The van der Waals surface area contributed by atoms with Gasteiger partial charge in [-0.3, -0.25) is 9.48 Å². The first-order valence-corrected chi connectivity index (χ1v) is 13.0. The number of hydrogen-bond donors (Lipinski definition) is 1. The van der Waals surface area contributed by atoms with Gasteiger partial charge in [0.15, 0.2) is 0 Å². The molecule has 9 heteroatoms. The Labute approximate surface area is 218 Å². The number of pyridine rings is 1. The number of nitrogens with zero attached hydrogens (tertiary/aromatic N) is 7. The molecular formula is C28H34N8O. The number of anilines is 3. The second kappa shape index (κ2) is 11.0. The Kier molecular flexibility index (Phi) is 7.37. The van der Waals surface area contributed by atoms with Crippen LogP contribution in [0.1, 0.15) is 42.9 Å². The molecule has 2 saturated heterocycles. The molecule has 5 rings (SSSR count). The monoisotopic (exact) mass is 498 g/mol. The fourth-order valence-corrected chi connectivity index (χ4v) is 5.29.